The lowest BCUT2D eigenvalue weighted by molar-refractivity contribution is -0.126. The number of carbonyl (C=O) groups is 1. The van der Waals surface area contributed by atoms with Gasteiger partial charge in [-0.25, -0.2) is 0 Å². The number of aliphatic hydroxyl groups is 1. The summed E-state index contributed by atoms with van der Waals surface area (Å²) in [5.41, 5.74) is 1.05. The van der Waals surface area contributed by atoms with E-state index in [1.54, 1.807) is 0 Å². The summed E-state index contributed by atoms with van der Waals surface area (Å²) in [5.74, 6) is 0.150. The third-order valence-corrected chi connectivity index (χ3v) is 3.29. The monoisotopic (exact) mass is 249 g/mol. The zero-order valence-electron chi connectivity index (χ0n) is 11.2. The van der Waals surface area contributed by atoms with Crippen LogP contribution in [0.25, 0.3) is 0 Å². The summed E-state index contributed by atoms with van der Waals surface area (Å²) in [7, 11) is 0. The molecule has 1 aromatic carbocycles. The first-order chi connectivity index (χ1) is 8.72. The third-order valence-electron chi connectivity index (χ3n) is 3.29. The lowest BCUT2D eigenvalue weighted by atomic mass is 9.99. The Morgan fingerprint density at radius 2 is 1.83 bits per heavy atom. The van der Waals surface area contributed by atoms with Crippen molar-refractivity contribution < 1.29 is 9.90 Å². The summed E-state index contributed by atoms with van der Waals surface area (Å²) in [6.07, 6.45) is 2.25. The van der Waals surface area contributed by atoms with Crippen LogP contribution >= 0.6 is 0 Å². The van der Waals surface area contributed by atoms with E-state index in [0.717, 1.165) is 18.4 Å². The van der Waals surface area contributed by atoms with Gasteiger partial charge in [-0.1, -0.05) is 44.2 Å². The maximum atomic E-state index is 12.1. The molecule has 0 spiro atoms. The van der Waals surface area contributed by atoms with Crippen LogP contribution in [0, 0.1) is 5.92 Å². The molecule has 3 nitrogen and oxygen atoms in total. The van der Waals surface area contributed by atoms with Crippen molar-refractivity contribution in [1.29, 1.82) is 0 Å². The quantitative estimate of drug-likeness (QED) is 0.780. The number of rotatable bonds is 7. The lowest BCUT2D eigenvalue weighted by Crippen LogP contribution is -2.34. The molecule has 1 unspecified atom stereocenters. The van der Waals surface area contributed by atoms with Gasteiger partial charge in [-0.2, -0.15) is 0 Å². The first-order valence-electron chi connectivity index (χ1n) is 6.69. The average molecular weight is 249 g/mol. The minimum absolute atomic E-state index is 0.0647. The van der Waals surface area contributed by atoms with Crippen LogP contribution in [-0.4, -0.2) is 17.6 Å². The fourth-order valence-electron chi connectivity index (χ4n) is 2.09. The molecular formula is C15H23NO2. The van der Waals surface area contributed by atoms with E-state index in [1.807, 2.05) is 44.2 Å². The first-order valence-corrected chi connectivity index (χ1v) is 6.69. The molecule has 18 heavy (non-hydrogen) atoms. The Labute approximate surface area is 109 Å². The molecule has 1 rings (SSSR count). The summed E-state index contributed by atoms with van der Waals surface area (Å²) >= 11 is 0. The van der Waals surface area contributed by atoms with E-state index in [4.69, 9.17) is 5.11 Å². The predicted octanol–water partition coefficient (Wildman–Crippen LogP) is 2.66. The molecule has 1 atom stereocenters. The van der Waals surface area contributed by atoms with Crippen molar-refractivity contribution in [2.75, 3.05) is 6.61 Å². The van der Waals surface area contributed by atoms with Gasteiger partial charge in [0.05, 0.1) is 6.04 Å². The third kappa shape index (κ3) is 4.15. The molecule has 1 amide bonds. The van der Waals surface area contributed by atoms with Gasteiger partial charge in [0.15, 0.2) is 0 Å². The van der Waals surface area contributed by atoms with Crippen LogP contribution in [0.1, 0.15) is 44.7 Å². The van der Waals surface area contributed by atoms with Crippen LogP contribution < -0.4 is 5.32 Å². The maximum Gasteiger partial charge on any atom is 0.223 e. The Kier molecular flexibility index (Phi) is 6.44. The Morgan fingerprint density at radius 3 is 2.33 bits per heavy atom. The van der Waals surface area contributed by atoms with E-state index in [1.165, 1.54) is 0 Å². The fourth-order valence-corrected chi connectivity index (χ4v) is 2.09. The summed E-state index contributed by atoms with van der Waals surface area (Å²) < 4.78 is 0. The van der Waals surface area contributed by atoms with Crippen LogP contribution in [0.15, 0.2) is 30.3 Å². The van der Waals surface area contributed by atoms with Crippen LogP contribution in [0.3, 0.4) is 0 Å². The Morgan fingerprint density at radius 1 is 1.22 bits per heavy atom. The second kappa shape index (κ2) is 7.88. The van der Waals surface area contributed by atoms with Crippen molar-refractivity contribution in [2.24, 2.45) is 5.92 Å². The molecule has 0 aliphatic heterocycles. The molecule has 0 aromatic heterocycles. The van der Waals surface area contributed by atoms with Crippen molar-refractivity contribution in [3.8, 4) is 0 Å². The van der Waals surface area contributed by atoms with E-state index < -0.39 is 0 Å². The van der Waals surface area contributed by atoms with Crippen molar-refractivity contribution in [2.45, 2.75) is 39.2 Å². The summed E-state index contributed by atoms with van der Waals surface area (Å²) in [5, 5.41) is 12.1. The minimum atomic E-state index is -0.0932. The highest BCUT2D eigenvalue weighted by Crippen LogP contribution is 2.18. The summed E-state index contributed by atoms with van der Waals surface area (Å²) in [4.78, 5) is 12.1. The van der Waals surface area contributed by atoms with Gasteiger partial charge in [-0.3, -0.25) is 4.79 Å². The predicted molar refractivity (Wildman–Crippen MR) is 73.1 cm³/mol. The topological polar surface area (TPSA) is 49.3 Å². The molecule has 0 aliphatic carbocycles. The molecule has 0 radical (unpaired) electrons. The van der Waals surface area contributed by atoms with Crippen LogP contribution in [-0.2, 0) is 4.79 Å². The Balaban J connectivity index is 2.72. The highest BCUT2D eigenvalue weighted by atomic mass is 16.3. The van der Waals surface area contributed by atoms with Crippen LogP contribution in [0.4, 0.5) is 0 Å². The Hall–Kier alpha value is -1.35. The van der Waals surface area contributed by atoms with E-state index >= 15 is 0 Å². The number of carbonyl (C=O) groups excluding carboxylic acids is 1. The van der Waals surface area contributed by atoms with E-state index in [0.29, 0.717) is 6.42 Å². The number of hydrogen-bond donors (Lipinski definition) is 2. The molecule has 0 bridgehead atoms. The molecule has 3 heteroatoms. The van der Waals surface area contributed by atoms with Gasteiger partial charge < -0.3 is 10.4 Å². The minimum Gasteiger partial charge on any atom is -0.396 e. The molecule has 0 saturated heterocycles. The zero-order chi connectivity index (χ0) is 13.4. The van der Waals surface area contributed by atoms with Gasteiger partial charge in [0.1, 0.15) is 0 Å². The second-order valence-corrected chi connectivity index (χ2v) is 4.50. The first kappa shape index (κ1) is 14.7. The molecule has 100 valence electrons. The number of nitrogens with one attached hydrogen (secondary N) is 1. The Bertz CT molecular complexity index is 347. The second-order valence-electron chi connectivity index (χ2n) is 4.50. The largest absolute Gasteiger partial charge is 0.396 e. The van der Waals surface area contributed by atoms with Crippen molar-refractivity contribution in [3.63, 3.8) is 0 Å². The number of aliphatic hydroxyl groups excluding tert-OH is 1. The molecular weight excluding hydrogens is 226 g/mol. The standard InChI is InChI=1S/C15H23NO2/c1-3-12(4-2)15(18)16-14(10-11-17)13-8-6-5-7-9-13/h5-9,12,14,17H,3-4,10-11H2,1-2H3,(H,16,18). The smallest absolute Gasteiger partial charge is 0.223 e. The van der Waals surface area contributed by atoms with Crippen molar-refractivity contribution >= 4 is 5.91 Å². The van der Waals surface area contributed by atoms with Crippen molar-refractivity contribution in [1.82, 2.24) is 5.32 Å². The van der Waals surface area contributed by atoms with Crippen LogP contribution in [0.2, 0.25) is 0 Å². The summed E-state index contributed by atoms with van der Waals surface area (Å²) in [6, 6.07) is 9.71. The van der Waals surface area contributed by atoms with E-state index in [-0.39, 0.29) is 24.5 Å². The molecule has 0 aliphatic rings. The zero-order valence-corrected chi connectivity index (χ0v) is 11.2. The molecule has 0 saturated carbocycles. The SMILES string of the molecule is CCC(CC)C(=O)NC(CCO)c1ccccc1. The summed E-state index contributed by atoms with van der Waals surface area (Å²) in [6.45, 7) is 4.12. The number of benzene rings is 1. The normalized spacial score (nSPS) is 12.4. The lowest BCUT2D eigenvalue weighted by Gasteiger charge is -2.21. The van der Waals surface area contributed by atoms with Gasteiger partial charge >= 0.3 is 0 Å². The maximum absolute atomic E-state index is 12.1. The number of hydrogen-bond acceptors (Lipinski definition) is 2. The molecule has 0 heterocycles. The highest BCUT2D eigenvalue weighted by molar-refractivity contribution is 5.79. The van der Waals surface area contributed by atoms with E-state index in [2.05, 4.69) is 5.32 Å². The fraction of sp³-hybridized carbons (Fsp3) is 0.533. The average Bonchev–Trinajstić information content (AvgIpc) is 2.40. The van der Waals surface area contributed by atoms with Gasteiger partial charge in [0, 0.05) is 12.5 Å². The van der Waals surface area contributed by atoms with Crippen molar-refractivity contribution in [3.05, 3.63) is 35.9 Å². The number of amides is 1. The van der Waals surface area contributed by atoms with Gasteiger partial charge in [0.25, 0.3) is 0 Å². The highest BCUT2D eigenvalue weighted by Gasteiger charge is 2.19. The van der Waals surface area contributed by atoms with Gasteiger partial charge in [-0.15, -0.1) is 0 Å². The van der Waals surface area contributed by atoms with Gasteiger partial charge in [0.2, 0.25) is 5.91 Å². The molecule has 2 N–H and O–H groups in total. The van der Waals surface area contributed by atoms with E-state index in [9.17, 15) is 4.79 Å². The van der Waals surface area contributed by atoms with Crippen LogP contribution in [0.5, 0.6) is 0 Å². The molecule has 1 aromatic rings. The van der Waals surface area contributed by atoms with Gasteiger partial charge in [-0.05, 0) is 24.8 Å². The molecule has 0 fully saturated rings.